The van der Waals surface area contributed by atoms with Gasteiger partial charge >= 0.3 is 0 Å². The summed E-state index contributed by atoms with van der Waals surface area (Å²) in [5.74, 6) is 1.40. The molecule has 0 spiro atoms. The van der Waals surface area contributed by atoms with Crippen LogP contribution in [0.3, 0.4) is 0 Å². The van der Waals surface area contributed by atoms with Gasteiger partial charge in [-0.1, -0.05) is 32.9 Å². The minimum Gasteiger partial charge on any atom is -0.457 e. The summed E-state index contributed by atoms with van der Waals surface area (Å²) in [6.45, 7) is 6.54. The molecule has 1 amide bonds. The average Bonchev–Trinajstić information content (AvgIpc) is 2.47. The molecule has 0 aliphatic heterocycles. The van der Waals surface area contributed by atoms with Crippen LogP contribution < -0.4 is 10.1 Å². The molecule has 0 heterocycles. The maximum atomic E-state index is 11.5. The van der Waals surface area contributed by atoms with E-state index in [2.05, 4.69) is 38.2 Å². The summed E-state index contributed by atoms with van der Waals surface area (Å²) in [5.41, 5.74) is 2.02. The molecule has 0 saturated heterocycles. The van der Waals surface area contributed by atoms with Gasteiger partial charge in [0.2, 0.25) is 0 Å². The van der Waals surface area contributed by atoms with Crippen LogP contribution in [0, 0.1) is 0 Å². The Labute approximate surface area is 126 Å². The number of rotatable bonds is 3. The number of carbonyl (C=O) groups excluding carboxylic acids is 1. The van der Waals surface area contributed by atoms with E-state index in [1.54, 1.807) is 31.3 Å². The zero-order chi connectivity index (χ0) is 15.5. The van der Waals surface area contributed by atoms with Crippen molar-refractivity contribution in [2.24, 2.45) is 0 Å². The minimum absolute atomic E-state index is 0.101. The van der Waals surface area contributed by atoms with Crippen LogP contribution in [0.25, 0.3) is 0 Å². The van der Waals surface area contributed by atoms with E-state index in [1.165, 1.54) is 5.56 Å². The fourth-order valence-electron chi connectivity index (χ4n) is 1.98. The molecule has 0 aromatic heterocycles. The fraction of sp³-hybridized carbons (Fsp3) is 0.278. The van der Waals surface area contributed by atoms with Gasteiger partial charge in [-0.15, -0.1) is 0 Å². The molecule has 0 fully saturated rings. The van der Waals surface area contributed by atoms with Crippen molar-refractivity contribution in [2.45, 2.75) is 26.2 Å². The van der Waals surface area contributed by atoms with Crippen molar-refractivity contribution in [3.63, 3.8) is 0 Å². The maximum absolute atomic E-state index is 11.5. The van der Waals surface area contributed by atoms with Crippen LogP contribution in [-0.4, -0.2) is 13.0 Å². The van der Waals surface area contributed by atoms with Crippen molar-refractivity contribution < 1.29 is 9.53 Å². The van der Waals surface area contributed by atoms with Gasteiger partial charge in [0.1, 0.15) is 11.5 Å². The number of hydrogen-bond acceptors (Lipinski definition) is 2. The maximum Gasteiger partial charge on any atom is 0.251 e. The molecule has 3 heteroatoms. The molecule has 0 aliphatic carbocycles. The lowest BCUT2D eigenvalue weighted by atomic mass is 9.87. The Morgan fingerprint density at radius 2 is 1.38 bits per heavy atom. The number of amides is 1. The number of hydrogen-bond donors (Lipinski definition) is 1. The Morgan fingerprint density at radius 1 is 0.905 bits per heavy atom. The monoisotopic (exact) mass is 283 g/mol. The molecule has 0 radical (unpaired) electrons. The van der Waals surface area contributed by atoms with E-state index in [0.717, 1.165) is 5.75 Å². The van der Waals surface area contributed by atoms with Gasteiger partial charge in [-0.2, -0.15) is 0 Å². The molecule has 110 valence electrons. The van der Waals surface area contributed by atoms with Crippen molar-refractivity contribution in [1.82, 2.24) is 5.32 Å². The second-order valence-corrected chi connectivity index (χ2v) is 5.98. The second-order valence-electron chi connectivity index (χ2n) is 5.98. The molecule has 2 aromatic carbocycles. The molecule has 0 aliphatic rings. The number of ether oxygens (including phenoxy) is 1. The summed E-state index contributed by atoms with van der Waals surface area (Å²) in [6.07, 6.45) is 0. The van der Waals surface area contributed by atoms with E-state index in [0.29, 0.717) is 11.3 Å². The predicted octanol–water partition coefficient (Wildman–Crippen LogP) is 4.14. The van der Waals surface area contributed by atoms with Crippen LogP contribution in [0.5, 0.6) is 11.5 Å². The summed E-state index contributed by atoms with van der Waals surface area (Å²) in [4.78, 5) is 11.5. The SMILES string of the molecule is CNC(=O)c1ccc(Oc2ccc(C(C)(C)C)cc2)cc1. The third kappa shape index (κ3) is 3.85. The molecule has 2 aromatic rings. The summed E-state index contributed by atoms with van der Waals surface area (Å²) in [5, 5.41) is 2.59. The van der Waals surface area contributed by atoms with Crippen molar-refractivity contribution in [2.75, 3.05) is 7.05 Å². The van der Waals surface area contributed by atoms with Crippen molar-refractivity contribution in [3.8, 4) is 11.5 Å². The lowest BCUT2D eigenvalue weighted by molar-refractivity contribution is 0.0963. The summed E-state index contributed by atoms with van der Waals surface area (Å²) in [6, 6.07) is 15.2. The van der Waals surface area contributed by atoms with Crippen LogP contribution in [0.2, 0.25) is 0 Å². The third-order valence-corrected chi connectivity index (χ3v) is 3.30. The average molecular weight is 283 g/mol. The molecule has 0 atom stereocenters. The Kier molecular flexibility index (Phi) is 4.32. The van der Waals surface area contributed by atoms with Crippen LogP contribution in [-0.2, 0) is 5.41 Å². The van der Waals surface area contributed by atoms with Crippen molar-refractivity contribution >= 4 is 5.91 Å². The van der Waals surface area contributed by atoms with Gasteiger partial charge in [0.15, 0.2) is 0 Å². The van der Waals surface area contributed by atoms with Gasteiger partial charge in [-0.25, -0.2) is 0 Å². The number of benzene rings is 2. The van der Waals surface area contributed by atoms with Crippen molar-refractivity contribution in [1.29, 1.82) is 0 Å². The first-order valence-electron chi connectivity index (χ1n) is 7.01. The van der Waals surface area contributed by atoms with Gasteiger partial charge in [0.25, 0.3) is 5.91 Å². The first-order valence-corrected chi connectivity index (χ1v) is 7.01. The predicted molar refractivity (Wildman–Crippen MR) is 85.0 cm³/mol. The molecule has 1 N–H and O–H groups in total. The highest BCUT2D eigenvalue weighted by Crippen LogP contribution is 2.27. The van der Waals surface area contributed by atoms with Gasteiger partial charge in [0.05, 0.1) is 0 Å². The molecular formula is C18H21NO2. The highest BCUT2D eigenvalue weighted by molar-refractivity contribution is 5.94. The van der Waals surface area contributed by atoms with Crippen molar-refractivity contribution in [3.05, 3.63) is 59.7 Å². The zero-order valence-corrected chi connectivity index (χ0v) is 12.9. The first-order chi connectivity index (χ1) is 9.90. The van der Waals surface area contributed by atoms with E-state index in [1.807, 2.05) is 12.1 Å². The van der Waals surface area contributed by atoms with Crippen LogP contribution >= 0.6 is 0 Å². The third-order valence-electron chi connectivity index (χ3n) is 3.30. The fourth-order valence-corrected chi connectivity index (χ4v) is 1.98. The smallest absolute Gasteiger partial charge is 0.251 e. The molecule has 21 heavy (non-hydrogen) atoms. The highest BCUT2D eigenvalue weighted by atomic mass is 16.5. The topological polar surface area (TPSA) is 38.3 Å². The summed E-state index contributed by atoms with van der Waals surface area (Å²) >= 11 is 0. The molecule has 0 saturated carbocycles. The highest BCUT2D eigenvalue weighted by Gasteiger charge is 2.13. The van der Waals surface area contributed by atoms with E-state index >= 15 is 0 Å². The zero-order valence-electron chi connectivity index (χ0n) is 12.9. The Hall–Kier alpha value is -2.29. The molecule has 0 unspecified atom stereocenters. The normalized spacial score (nSPS) is 11.0. The van der Waals surface area contributed by atoms with E-state index in [-0.39, 0.29) is 11.3 Å². The standard InChI is InChI=1S/C18H21NO2/c1-18(2,3)14-7-11-16(12-8-14)21-15-9-5-13(6-10-15)17(20)19-4/h5-12H,1-4H3,(H,19,20). The molecule has 2 rings (SSSR count). The lowest BCUT2D eigenvalue weighted by Gasteiger charge is -2.19. The van der Waals surface area contributed by atoms with Gasteiger partial charge in [-0.3, -0.25) is 4.79 Å². The minimum atomic E-state index is -0.101. The quantitative estimate of drug-likeness (QED) is 0.919. The van der Waals surface area contributed by atoms with E-state index < -0.39 is 0 Å². The van der Waals surface area contributed by atoms with Gasteiger partial charge in [-0.05, 0) is 47.4 Å². The first kappa shape index (κ1) is 15.1. The Bertz CT molecular complexity index is 607. The summed E-state index contributed by atoms with van der Waals surface area (Å²) in [7, 11) is 1.61. The number of carbonyl (C=O) groups is 1. The largest absolute Gasteiger partial charge is 0.457 e. The van der Waals surface area contributed by atoms with Crippen LogP contribution in [0.1, 0.15) is 36.7 Å². The molecule has 3 nitrogen and oxygen atoms in total. The van der Waals surface area contributed by atoms with Crippen LogP contribution in [0.15, 0.2) is 48.5 Å². The Balaban J connectivity index is 2.10. The van der Waals surface area contributed by atoms with Gasteiger partial charge in [0, 0.05) is 12.6 Å². The van der Waals surface area contributed by atoms with Gasteiger partial charge < -0.3 is 10.1 Å². The van der Waals surface area contributed by atoms with E-state index in [4.69, 9.17) is 4.74 Å². The Morgan fingerprint density at radius 3 is 1.81 bits per heavy atom. The second kappa shape index (κ2) is 6.00. The molecular weight excluding hydrogens is 262 g/mol. The number of nitrogens with one attached hydrogen (secondary N) is 1. The van der Waals surface area contributed by atoms with E-state index in [9.17, 15) is 4.79 Å². The van der Waals surface area contributed by atoms with Crippen LogP contribution in [0.4, 0.5) is 0 Å². The molecule has 0 bridgehead atoms. The lowest BCUT2D eigenvalue weighted by Crippen LogP contribution is -2.17. The summed E-state index contributed by atoms with van der Waals surface area (Å²) < 4.78 is 5.78.